The number of nitrogens with one attached hydrogen (secondary N) is 2. The lowest BCUT2D eigenvalue weighted by atomic mass is 10.3. The number of phenols is 1. The van der Waals surface area contributed by atoms with Crippen LogP contribution in [0.5, 0.6) is 5.75 Å². The van der Waals surface area contributed by atoms with E-state index in [9.17, 15) is 13.5 Å². The highest BCUT2D eigenvalue weighted by atomic mass is 32.2. The molecule has 0 unspecified atom stereocenters. The molecular weight excluding hydrogens is 310 g/mol. The molecule has 0 aliphatic rings. The van der Waals surface area contributed by atoms with Gasteiger partial charge < -0.3 is 16.2 Å². The standard InChI is InChI=1S/C13H13N3O3S2/c14-13(20)15-11-3-1-2-4-12(11)21(18,19)16-9-5-7-10(17)8-6-9/h1-8,16-17H,(H3,14,15,20). The second kappa shape index (κ2) is 5.98. The van der Waals surface area contributed by atoms with Crippen LogP contribution in [0.2, 0.25) is 0 Å². The van der Waals surface area contributed by atoms with Crippen LogP contribution in [-0.2, 0) is 10.0 Å². The highest BCUT2D eigenvalue weighted by Gasteiger charge is 2.18. The Labute approximate surface area is 127 Å². The monoisotopic (exact) mass is 323 g/mol. The van der Waals surface area contributed by atoms with Gasteiger partial charge in [0.2, 0.25) is 0 Å². The average Bonchev–Trinajstić information content (AvgIpc) is 2.41. The van der Waals surface area contributed by atoms with E-state index in [0.717, 1.165) is 0 Å². The summed E-state index contributed by atoms with van der Waals surface area (Å²) in [5.41, 5.74) is 6.00. The maximum atomic E-state index is 12.4. The first-order valence-corrected chi connectivity index (χ1v) is 7.75. The molecule has 2 aromatic rings. The fraction of sp³-hybridized carbons (Fsp3) is 0. The maximum Gasteiger partial charge on any atom is 0.263 e. The van der Waals surface area contributed by atoms with Crippen LogP contribution in [0.15, 0.2) is 53.4 Å². The first-order chi connectivity index (χ1) is 9.88. The predicted molar refractivity (Wildman–Crippen MR) is 85.8 cm³/mol. The average molecular weight is 323 g/mol. The van der Waals surface area contributed by atoms with Crippen molar-refractivity contribution in [3.05, 3.63) is 48.5 Å². The van der Waals surface area contributed by atoms with Gasteiger partial charge in [0.25, 0.3) is 10.0 Å². The molecule has 0 amide bonds. The van der Waals surface area contributed by atoms with Gasteiger partial charge in [-0.1, -0.05) is 12.1 Å². The molecule has 6 nitrogen and oxygen atoms in total. The van der Waals surface area contributed by atoms with Gasteiger partial charge in [-0.2, -0.15) is 0 Å². The zero-order valence-electron chi connectivity index (χ0n) is 10.8. The van der Waals surface area contributed by atoms with Crippen molar-refractivity contribution in [3.63, 3.8) is 0 Å². The van der Waals surface area contributed by atoms with E-state index in [-0.39, 0.29) is 21.4 Å². The minimum absolute atomic E-state index is 0.0193. The third-order valence-corrected chi connectivity index (χ3v) is 4.10. The number of phenolic OH excluding ortho intramolecular Hbond substituents is 1. The molecule has 0 bridgehead atoms. The minimum Gasteiger partial charge on any atom is -0.508 e. The summed E-state index contributed by atoms with van der Waals surface area (Å²) in [7, 11) is -3.81. The number of hydrogen-bond donors (Lipinski definition) is 4. The summed E-state index contributed by atoms with van der Waals surface area (Å²) in [6.07, 6.45) is 0. The van der Waals surface area contributed by atoms with E-state index in [1.54, 1.807) is 18.2 Å². The zero-order valence-corrected chi connectivity index (χ0v) is 12.4. The van der Waals surface area contributed by atoms with E-state index in [1.165, 1.54) is 30.3 Å². The van der Waals surface area contributed by atoms with Crippen molar-refractivity contribution in [2.75, 3.05) is 10.0 Å². The highest BCUT2D eigenvalue weighted by molar-refractivity contribution is 7.93. The number of rotatable bonds is 4. The molecule has 0 aliphatic heterocycles. The fourth-order valence-electron chi connectivity index (χ4n) is 1.68. The number of nitrogens with two attached hydrogens (primary N) is 1. The van der Waals surface area contributed by atoms with Crippen molar-refractivity contribution in [3.8, 4) is 5.75 Å². The number of hydrogen-bond acceptors (Lipinski definition) is 4. The summed E-state index contributed by atoms with van der Waals surface area (Å²) < 4.78 is 27.2. The van der Waals surface area contributed by atoms with Gasteiger partial charge in [0, 0.05) is 5.69 Å². The number of thiocarbonyl (C=S) groups is 1. The Morgan fingerprint density at radius 2 is 1.71 bits per heavy atom. The summed E-state index contributed by atoms with van der Waals surface area (Å²) in [5.74, 6) is 0.0495. The highest BCUT2D eigenvalue weighted by Crippen LogP contribution is 2.24. The number of sulfonamides is 1. The van der Waals surface area contributed by atoms with Crippen LogP contribution < -0.4 is 15.8 Å². The van der Waals surface area contributed by atoms with Crippen LogP contribution in [0.25, 0.3) is 0 Å². The Kier molecular flexibility index (Phi) is 4.29. The van der Waals surface area contributed by atoms with Crippen LogP contribution >= 0.6 is 12.2 Å². The molecule has 8 heteroatoms. The lowest BCUT2D eigenvalue weighted by molar-refractivity contribution is 0.475. The van der Waals surface area contributed by atoms with Crippen molar-refractivity contribution in [1.29, 1.82) is 0 Å². The molecule has 0 spiro atoms. The molecular formula is C13H13N3O3S2. The Bertz CT molecular complexity index is 758. The number of para-hydroxylation sites is 1. The van der Waals surface area contributed by atoms with Crippen LogP contribution in [0, 0.1) is 0 Å². The molecule has 0 fully saturated rings. The smallest absolute Gasteiger partial charge is 0.263 e. The summed E-state index contributed by atoms with van der Waals surface area (Å²) in [4.78, 5) is 0.0193. The van der Waals surface area contributed by atoms with Crippen LogP contribution in [0.3, 0.4) is 0 Å². The molecule has 21 heavy (non-hydrogen) atoms. The van der Waals surface area contributed by atoms with Gasteiger partial charge in [-0.15, -0.1) is 0 Å². The largest absolute Gasteiger partial charge is 0.508 e. The third kappa shape index (κ3) is 3.83. The van der Waals surface area contributed by atoms with Gasteiger partial charge in [-0.25, -0.2) is 8.42 Å². The van der Waals surface area contributed by atoms with E-state index in [1.807, 2.05) is 0 Å². The Morgan fingerprint density at radius 3 is 2.33 bits per heavy atom. The van der Waals surface area contributed by atoms with E-state index in [2.05, 4.69) is 10.0 Å². The summed E-state index contributed by atoms with van der Waals surface area (Å²) >= 11 is 4.73. The molecule has 0 aliphatic carbocycles. The molecule has 5 N–H and O–H groups in total. The van der Waals surface area contributed by atoms with Crippen molar-refractivity contribution >= 4 is 38.7 Å². The zero-order chi connectivity index (χ0) is 15.5. The quantitative estimate of drug-likeness (QED) is 0.505. The van der Waals surface area contributed by atoms with Crippen LogP contribution in [0.4, 0.5) is 11.4 Å². The van der Waals surface area contributed by atoms with Crippen molar-refractivity contribution in [2.45, 2.75) is 4.90 Å². The van der Waals surface area contributed by atoms with Gasteiger partial charge in [-0.3, -0.25) is 4.72 Å². The Hall–Kier alpha value is -2.32. The van der Waals surface area contributed by atoms with Crippen molar-refractivity contribution < 1.29 is 13.5 Å². The molecule has 0 radical (unpaired) electrons. The normalized spacial score (nSPS) is 10.9. The molecule has 0 aromatic heterocycles. The molecule has 2 aromatic carbocycles. The van der Waals surface area contributed by atoms with E-state index >= 15 is 0 Å². The van der Waals surface area contributed by atoms with Gasteiger partial charge in [0.15, 0.2) is 5.11 Å². The molecule has 0 saturated carbocycles. The van der Waals surface area contributed by atoms with Gasteiger partial charge in [0.05, 0.1) is 5.69 Å². The lowest BCUT2D eigenvalue weighted by Crippen LogP contribution is -2.22. The Morgan fingerprint density at radius 1 is 1.10 bits per heavy atom. The van der Waals surface area contributed by atoms with Crippen LogP contribution in [-0.4, -0.2) is 18.6 Å². The second-order valence-corrected chi connectivity index (χ2v) is 6.23. The molecule has 0 atom stereocenters. The second-order valence-electron chi connectivity index (χ2n) is 4.14. The predicted octanol–water partition coefficient (Wildman–Crippen LogP) is 1.85. The molecule has 0 heterocycles. The fourth-order valence-corrected chi connectivity index (χ4v) is 3.01. The number of benzene rings is 2. The topological polar surface area (TPSA) is 104 Å². The minimum atomic E-state index is -3.81. The van der Waals surface area contributed by atoms with E-state index in [0.29, 0.717) is 5.69 Å². The van der Waals surface area contributed by atoms with Crippen molar-refractivity contribution in [1.82, 2.24) is 0 Å². The molecule has 2 rings (SSSR count). The lowest BCUT2D eigenvalue weighted by Gasteiger charge is -2.13. The summed E-state index contributed by atoms with van der Waals surface area (Å²) in [6.45, 7) is 0. The first-order valence-electron chi connectivity index (χ1n) is 5.86. The molecule has 110 valence electrons. The van der Waals surface area contributed by atoms with Crippen molar-refractivity contribution in [2.24, 2.45) is 5.73 Å². The number of aromatic hydroxyl groups is 1. The van der Waals surface area contributed by atoms with E-state index < -0.39 is 10.0 Å². The van der Waals surface area contributed by atoms with Gasteiger partial charge in [0.1, 0.15) is 10.6 Å². The van der Waals surface area contributed by atoms with E-state index in [4.69, 9.17) is 18.0 Å². The van der Waals surface area contributed by atoms with Gasteiger partial charge in [-0.05, 0) is 48.6 Å². The first kappa shape index (κ1) is 15.1. The Balaban J connectivity index is 2.35. The van der Waals surface area contributed by atoms with Gasteiger partial charge >= 0.3 is 0 Å². The molecule has 0 saturated heterocycles. The SMILES string of the molecule is NC(=S)Nc1ccccc1S(=O)(=O)Nc1ccc(O)cc1. The summed E-state index contributed by atoms with van der Waals surface area (Å²) in [6, 6.07) is 11.9. The maximum absolute atomic E-state index is 12.4. The third-order valence-electron chi connectivity index (χ3n) is 2.55. The number of anilines is 2. The summed E-state index contributed by atoms with van der Waals surface area (Å²) in [5, 5.41) is 11.8. The van der Waals surface area contributed by atoms with Crippen LogP contribution in [0.1, 0.15) is 0 Å².